The summed E-state index contributed by atoms with van der Waals surface area (Å²) in [6, 6.07) is 3.54. The van der Waals surface area contributed by atoms with Gasteiger partial charge in [0.25, 0.3) is 0 Å². The zero-order valence-electron chi connectivity index (χ0n) is 8.61. The van der Waals surface area contributed by atoms with Gasteiger partial charge in [0, 0.05) is 17.1 Å². The Balaban J connectivity index is 0.00000196. The van der Waals surface area contributed by atoms with E-state index in [-0.39, 0.29) is 12.4 Å². The molecule has 1 N–H and O–H groups in total. The van der Waals surface area contributed by atoms with Crippen LogP contribution in [0.2, 0.25) is 10.0 Å². The first kappa shape index (κ1) is 14.8. The molecule has 0 atom stereocenters. The number of nitrogens with one attached hydrogen (secondary N) is 1. The summed E-state index contributed by atoms with van der Waals surface area (Å²) < 4.78 is 5.44. The number of halogens is 3. The van der Waals surface area contributed by atoms with Gasteiger partial charge in [-0.15, -0.1) is 0 Å². The van der Waals surface area contributed by atoms with Gasteiger partial charge in [-0.05, 0) is 26.1 Å². The van der Waals surface area contributed by atoms with Crippen molar-refractivity contribution in [2.75, 3.05) is 13.7 Å². The maximum atomic E-state index is 6.01. The van der Waals surface area contributed by atoms with Crippen molar-refractivity contribution in [2.45, 2.75) is 13.5 Å². The van der Waals surface area contributed by atoms with Gasteiger partial charge in [0.15, 0.2) is 0 Å². The maximum Gasteiger partial charge on any atom is 0.142 e. The van der Waals surface area contributed by atoms with Gasteiger partial charge in [0.1, 0.15) is 5.75 Å². The molecule has 0 radical (unpaired) electrons. The molecule has 0 saturated carbocycles. The van der Waals surface area contributed by atoms with Crippen LogP contribution in [0.3, 0.4) is 0 Å². The lowest BCUT2D eigenvalue weighted by Gasteiger charge is -2.12. The minimum atomic E-state index is 0. The lowest BCUT2D eigenvalue weighted by atomic mass is 10.2. The van der Waals surface area contributed by atoms with Crippen LogP contribution in [-0.2, 0) is 6.54 Å². The highest BCUT2D eigenvalue weighted by atomic mass is 35.5. The molecule has 0 aromatic heterocycles. The Morgan fingerprint density at radius 2 is 2.00 bits per heavy atom. The van der Waals surface area contributed by atoms with Gasteiger partial charge in [-0.1, -0.05) is 23.2 Å². The average Bonchev–Trinajstić information content (AvgIpc) is 2.11. The van der Waals surface area contributed by atoms with Gasteiger partial charge < -0.3 is 22.5 Å². The van der Waals surface area contributed by atoms with E-state index in [0.717, 1.165) is 5.56 Å². The molecule has 0 unspecified atom stereocenters. The molecule has 5 heteroatoms. The first-order valence-electron chi connectivity index (χ1n) is 4.44. The van der Waals surface area contributed by atoms with E-state index >= 15 is 0 Å². The van der Waals surface area contributed by atoms with Crippen LogP contribution in [0.15, 0.2) is 12.1 Å². The number of ether oxygens (including phenoxy) is 1. The summed E-state index contributed by atoms with van der Waals surface area (Å²) in [5, 5.41) is 4.23. The number of hydrogen-bond acceptors (Lipinski definition) is 2. The van der Waals surface area contributed by atoms with E-state index in [1.165, 1.54) is 0 Å². The third-order valence-electron chi connectivity index (χ3n) is 1.74. The summed E-state index contributed by atoms with van der Waals surface area (Å²) in [4.78, 5) is 0. The van der Waals surface area contributed by atoms with E-state index in [2.05, 4.69) is 5.32 Å². The number of benzene rings is 1. The standard InChI is InChI=1S/C10H13Cl2NO.ClH/c1-3-14-10-7(6-13-2)4-8(11)5-9(10)12;/h4-5,13H,3,6H2,1-2H3;1H/p-1. The molecule has 1 aromatic rings. The Morgan fingerprint density at radius 3 is 2.53 bits per heavy atom. The van der Waals surface area contributed by atoms with Gasteiger partial charge in [0.2, 0.25) is 0 Å². The highest BCUT2D eigenvalue weighted by molar-refractivity contribution is 6.35. The smallest absolute Gasteiger partial charge is 0.142 e. The molecule has 0 heterocycles. The van der Waals surface area contributed by atoms with Gasteiger partial charge in [-0.2, -0.15) is 0 Å². The molecule has 86 valence electrons. The molecule has 15 heavy (non-hydrogen) atoms. The monoisotopic (exact) mass is 268 g/mol. The predicted octanol–water partition coefficient (Wildman–Crippen LogP) is 0.115. The minimum Gasteiger partial charge on any atom is -1.00 e. The summed E-state index contributed by atoms with van der Waals surface area (Å²) in [6.45, 7) is 3.21. The summed E-state index contributed by atoms with van der Waals surface area (Å²) in [7, 11) is 1.87. The lowest BCUT2D eigenvalue weighted by Crippen LogP contribution is -3.00. The second-order valence-electron chi connectivity index (χ2n) is 2.84. The molecular weight excluding hydrogens is 256 g/mol. The van der Waals surface area contributed by atoms with Crippen molar-refractivity contribution < 1.29 is 17.1 Å². The molecule has 0 fully saturated rings. The van der Waals surface area contributed by atoms with Crippen LogP contribution in [0.1, 0.15) is 12.5 Å². The first-order valence-corrected chi connectivity index (χ1v) is 5.20. The Morgan fingerprint density at radius 1 is 1.33 bits per heavy atom. The topological polar surface area (TPSA) is 21.3 Å². The lowest BCUT2D eigenvalue weighted by molar-refractivity contribution is -0.00000328. The van der Waals surface area contributed by atoms with Crippen LogP contribution >= 0.6 is 23.2 Å². The van der Waals surface area contributed by atoms with Crippen LogP contribution < -0.4 is 22.5 Å². The van der Waals surface area contributed by atoms with E-state index < -0.39 is 0 Å². The molecule has 1 rings (SSSR count). The summed E-state index contributed by atoms with van der Waals surface area (Å²) in [5.74, 6) is 0.716. The predicted molar refractivity (Wildman–Crippen MR) is 60.4 cm³/mol. The van der Waals surface area contributed by atoms with Crippen LogP contribution in [0.25, 0.3) is 0 Å². The molecule has 0 aliphatic carbocycles. The Hall–Kier alpha value is -0.150. The minimum absolute atomic E-state index is 0. The van der Waals surface area contributed by atoms with Crippen molar-refractivity contribution in [3.05, 3.63) is 27.7 Å². The van der Waals surface area contributed by atoms with Crippen molar-refractivity contribution in [3.8, 4) is 5.75 Å². The molecule has 0 saturated heterocycles. The van der Waals surface area contributed by atoms with Gasteiger partial charge >= 0.3 is 0 Å². The third kappa shape index (κ3) is 4.07. The molecule has 0 aliphatic rings. The summed E-state index contributed by atoms with van der Waals surface area (Å²) >= 11 is 11.9. The molecule has 1 aromatic carbocycles. The molecule has 0 bridgehead atoms. The van der Waals surface area contributed by atoms with Crippen molar-refractivity contribution >= 4 is 23.2 Å². The summed E-state index contributed by atoms with van der Waals surface area (Å²) in [6.07, 6.45) is 0. The van der Waals surface area contributed by atoms with Gasteiger partial charge in [0.05, 0.1) is 11.6 Å². The third-order valence-corrected chi connectivity index (χ3v) is 2.24. The zero-order chi connectivity index (χ0) is 10.6. The molecule has 2 nitrogen and oxygen atoms in total. The average molecular weight is 270 g/mol. The molecule has 0 aliphatic heterocycles. The van der Waals surface area contributed by atoms with Crippen molar-refractivity contribution in [1.82, 2.24) is 5.32 Å². The second-order valence-corrected chi connectivity index (χ2v) is 3.68. The maximum absolute atomic E-state index is 6.01. The fraction of sp³-hybridized carbons (Fsp3) is 0.400. The normalized spacial score (nSPS) is 9.60. The highest BCUT2D eigenvalue weighted by Crippen LogP contribution is 2.32. The fourth-order valence-electron chi connectivity index (χ4n) is 1.24. The van der Waals surface area contributed by atoms with Crippen molar-refractivity contribution in [1.29, 1.82) is 0 Å². The van der Waals surface area contributed by atoms with E-state index in [0.29, 0.717) is 28.9 Å². The second kappa shape index (κ2) is 7.18. The largest absolute Gasteiger partial charge is 1.00 e. The first-order chi connectivity index (χ1) is 6.69. The number of hydrogen-bond donors (Lipinski definition) is 1. The highest BCUT2D eigenvalue weighted by Gasteiger charge is 2.09. The SMILES string of the molecule is CCOc1c(Cl)cc(Cl)cc1CNC.[Cl-]. The Kier molecular flexibility index (Phi) is 7.11. The van der Waals surface area contributed by atoms with Gasteiger partial charge in [-0.25, -0.2) is 0 Å². The van der Waals surface area contributed by atoms with Crippen LogP contribution in [0, 0.1) is 0 Å². The zero-order valence-corrected chi connectivity index (χ0v) is 10.9. The van der Waals surface area contributed by atoms with Crippen molar-refractivity contribution in [2.24, 2.45) is 0 Å². The van der Waals surface area contributed by atoms with Crippen molar-refractivity contribution in [3.63, 3.8) is 0 Å². The van der Waals surface area contributed by atoms with E-state index in [1.54, 1.807) is 6.07 Å². The molecule has 0 amide bonds. The Labute approximate surface area is 106 Å². The quantitative estimate of drug-likeness (QED) is 0.838. The molecular formula is C10H13Cl3NO-. The van der Waals surface area contributed by atoms with E-state index in [9.17, 15) is 0 Å². The van der Waals surface area contributed by atoms with Crippen LogP contribution in [-0.4, -0.2) is 13.7 Å². The Bertz CT molecular complexity index is 318. The molecule has 0 spiro atoms. The van der Waals surface area contributed by atoms with E-state index in [4.69, 9.17) is 27.9 Å². The summed E-state index contributed by atoms with van der Waals surface area (Å²) in [5.41, 5.74) is 0.979. The van der Waals surface area contributed by atoms with Crippen LogP contribution in [0.5, 0.6) is 5.75 Å². The van der Waals surface area contributed by atoms with Gasteiger partial charge in [-0.3, -0.25) is 0 Å². The number of rotatable bonds is 4. The van der Waals surface area contributed by atoms with Crippen LogP contribution in [0.4, 0.5) is 0 Å². The fourth-order valence-corrected chi connectivity index (χ4v) is 1.83. The van der Waals surface area contributed by atoms with E-state index in [1.807, 2.05) is 20.0 Å².